The second-order valence-electron chi connectivity index (χ2n) is 4.58. The molecule has 1 N–H and O–H groups in total. The van der Waals surface area contributed by atoms with E-state index in [-0.39, 0.29) is 0 Å². The summed E-state index contributed by atoms with van der Waals surface area (Å²) in [6.45, 7) is 0. The maximum Gasteiger partial charge on any atom is 0.0584 e. The Hall–Kier alpha value is -1.02. The summed E-state index contributed by atoms with van der Waals surface area (Å²) in [5.41, 5.74) is 2.05. The first-order valence-corrected chi connectivity index (χ1v) is 7.07. The van der Waals surface area contributed by atoms with Crippen molar-refractivity contribution in [3.63, 3.8) is 0 Å². The van der Waals surface area contributed by atoms with Crippen LogP contribution in [0.4, 0.5) is 0 Å². The summed E-state index contributed by atoms with van der Waals surface area (Å²) in [4.78, 5) is 0. The molecule has 0 aliphatic rings. The summed E-state index contributed by atoms with van der Waals surface area (Å²) in [6.07, 6.45) is 1.61. The van der Waals surface area contributed by atoms with Crippen LogP contribution in [0.1, 0.15) is 17.5 Å². The minimum Gasteiger partial charge on any atom is -0.393 e. The lowest BCUT2D eigenvalue weighted by Gasteiger charge is -2.13. The van der Waals surface area contributed by atoms with Gasteiger partial charge >= 0.3 is 0 Å². The molecule has 0 fully saturated rings. The zero-order valence-electron chi connectivity index (χ0n) is 10.5. The summed E-state index contributed by atoms with van der Waals surface area (Å²) in [7, 11) is 0. The monoisotopic (exact) mass is 294 g/mol. The zero-order chi connectivity index (χ0) is 13.7. The normalized spacial score (nSPS) is 12.4. The van der Waals surface area contributed by atoms with Crippen molar-refractivity contribution in [3.05, 3.63) is 69.7 Å². The van der Waals surface area contributed by atoms with Gasteiger partial charge in [-0.3, -0.25) is 0 Å². The van der Waals surface area contributed by atoms with Crippen molar-refractivity contribution in [2.45, 2.75) is 25.4 Å². The fraction of sp³-hybridized carbons (Fsp3) is 0.250. The fourth-order valence-corrected chi connectivity index (χ4v) is 2.59. The minimum atomic E-state index is -0.433. The van der Waals surface area contributed by atoms with Gasteiger partial charge in [0.1, 0.15) is 0 Å². The molecule has 100 valence electrons. The van der Waals surface area contributed by atoms with E-state index in [0.29, 0.717) is 22.9 Å². The van der Waals surface area contributed by atoms with Gasteiger partial charge in [-0.1, -0.05) is 59.6 Å². The maximum atomic E-state index is 10.1. The molecule has 0 bridgehead atoms. The largest absolute Gasteiger partial charge is 0.393 e. The number of halogens is 2. The van der Waals surface area contributed by atoms with Gasteiger partial charge in [-0.25, -0.2) is 0 Å². The van der Waals surface area contributed by atoms with E-state index in [2.05, 4.69) is 12.1 Å². The molecular weight excluding hydrogens is 279 g/mol. The standard InChI is InChI=1S/C16H16Cl2O/c17-15-7-4-8-16(18)14(15)11-13(19)10-9-12-5-2-1-3-6-12/h1-8,13,19H,9-11H2. The third kappa shape index (κ3) is 4.24. The van der Waals surface area contributed by atoms with Gasteiger partial charge in [0.2, 0.25) is 0 Å². The van der Waals surface area contributed by atoms with Gasteiger partial charge in [-0.2, -0.15) is 0 Å². The highest BCUT2D eigenvalue weighted by Gasteiger charge is 2.11. The Labute approximate surface area is 123 Å². The highest BCUT2D eigenvalue weighted by atomic mass is 35.5. The summed E-state index contributed by atoms with van der Waals surface area (Å²) in [5.74, 6) is 0. The lowest BCUT2D eigenvalue weighted by molar-refractivity contribution is 0.165. The van der Waals surface area contributed by atoms with Crippen molar-refractivity contribution in [1.82, 2.24) is 0 Å². The number of aliphatic hydroxyl groups excluding tert-OH is 1. The van der Waals surface area contributed by atoms with Gasteiger partial charge in [-0.15, -0.1) is 0 Å². The number of hydrogen-bond acceptors (Lipinski definition) is 1. The molecule has 0 amide bonds. The quantitative estimate of drug-likeness (QED) is 0.859. The number of aryl methyl sites for hydroxylation is 1. The Morgan fingerprint density at radius 1 is 0.895 bits per heavy atom. The molecule has 1 nitrogen and oxygen atoms in total. The van der Waals surface area contributed by atoms with Crippen LogP contribution in [0.25, 0.3) is 0 Å². The molecule has 0 radical (unpaired) electrons. The molecule has 0 aliphatic carbocycles. The average molecular weight is 295 g/mol. The first-order valence-electron chi connectivity index (χ1n) is 6.31. The number of aliphatic hydroxyl groups is 1. The Balaban J connectivity index is 1.93. The molecule has 0 saturated carbocycles. The third-order valence-corrected chi connectivity index (χ3v) is 3.82. The van der Waals surface area contributed by atoms with Crippen LogP contribution in [-0.2, 0) is 12.8 Å². The molecule has 0 heterocycles. The first-order chi connectivity index (χ1) is 9.16. The second-order valence-corrected chi connectivity index (χ2v) is 5.40. The van der Waals surface area contributed by atoms with Crippen LogP contribution in [0.2, 0.25) is 10.0 Å². The molecule has 0 saturated heterocycles. The van der Waals surface area contributed by atoms with Crippen LogP contribution < -0.4 is 0 Å². The minimum absolute atomic E-state index is 0.433. The van der Waals surface area contributed by atoms with Crippen molar-refractivity contribution >= 4 is 23.2 Å². The molecule has 3 heteroatoms. The van der Waals surface area contributed by atoms with Gasteiger partial charge in [0.25, 0.3) is 0 Å². The summed E-state index contributed by atoms with van der Waals surface area (Å²) >= 11 is 12.2. The Morgan fingerprint density at radius 3 is 2.16 bits per heavy atom. The van der Waals surface area contributed by atoms with Gasteiger partial charge in [-0.05, 0) is 36.1 Å². The van der Waals surface area contributed by atoms with Crippen LogP contribution in [0.15, 0.2) is 48.5 Å². The van der Waals surface area contributed by atoms with E-state index in [4.69, 9.17) is 23.2 Å². The van der Waals surface area contributed by atoms with Crippen LogP contribution in [0.3, 0.4) is 0 Å². The van der Waals surface area contributed by atoms with Crippen molar-refractivity contribution in [2.24, 2.45) is 0 Å². The number of rotatable bonds is 5. The predicted octanol–water partition coefficient (Wildman–Crippen LogP) is 4.53. The van der Waals surface area contributed by atoms with E-state index >= 15 is 0 Å². The number of hydrogen-bond donors (Lipinski definition) is 1. The Bertz CT molecular complexity index is 505. The van der Waals surface area contributed by atoms with E-state index < -0.39 is 6.10 Å². The fourth-order valence-electron chi connectivity index (χ4n) is 2.04. The Morgan fingerprint density at radius 2 is 1.53 bits per heavy atom. The van der Waals surface area contributed by atoms with Crippen LogP contribution in [-0.4, -0.2) is 11.2 Å². The molecule has 2 aromatic rings. The summed E-state index contributed by atoms with van der Waals surface area (Å²) in [6, 6.07) is 15.5. The van der Waals surface area contributed by atoms with Crippen molar-refractivity contribution < 1.29 is 5.11 Å². The third-order valence-electron chi connectivity index (χ3n) is 3.11. The van der Waals surface area contributed by atoms with Crippen molar-refractivity contribution in [2.75, 3.05) is 0 Å². The molecule has 0 spiro atoms. The number of benzene rings is 2. The first kappa shape index (κ1) is 14.4. The van der Waals surface area contributed by atoms with Crippen LogP contribution in [0, 0.1) is 0 Å². The lowest BCUT2D eigenvalue weighted by atomic mass is 10.0. The lowest BCUT2D eigenvalue weighted by Crippen LogP contribution is -2.12. The highest BCUT2D eigenvalue weighted by Crippen LogP contribution is 2.26. The van der Waals surface area contributed by atoms with Crippen molar-refractivity contribution in [1.29, 1.82) is 0 Å². The molecule has 2 rings (SSSR count). The molecule has 19 heavy (non-hydrogen) atoms. The summed E-state index contributed by atoms with van der Waals surface area (Å²) < 4.78 is 0. The Kier molecular flexibility index (Phi) is 5.26. The van der Waals surface area contributed by atoms with E-state index in [1.807, 2.05) is 24.3 Å². The van der Waals surface area contributed by atoms with E-state index in [0.717, 1.165) is 12.0 Å². The van der Waals surface area contributed by atoms with Gasteiger partial charge in [0.15, 0.2) is 0 Å². The average Bonchev–Trinajstić information content (AvgIpc) is 2.42. The molecule has 0 aromatic heterocycles. The van der Waals surface area contributed by atoms with Gasteiger partial charge in [0.05, 0.1) is 6.10 Å². The van der Waals surface area contributed by atoms with E-state index in [1.54, 1.807) is 12.1 Å². The topological polar surface area (TPSA) is 20.2 Å². The van der Waals surface area contributed by atoms with Gasteiger partial charge in [0, 0.05) is 16.5 Å². The van der Waals surface area contributed by atoms with Crippen LogP contribution >= 0.6 is 23.2 Å². The molecule has 1 atom stereocenters. The summed E-state index contributed by atoms with van der Waals surface area (Å²) in [5, 5.41) is 11.3. The highest BCUT2D eigenvalue weighted by molar-refractivity contribution is 6.35. The maximum absolute atomic E-state index is 10.1. The van der Waals surface area contributed by atoms with Gasteiger partial charge < -0.3 is 5.11 Å². The predicted molar refractivity (Wildman–Crippen MR) is 80.9 cm³/mol. The molecular formula is C16H16Cl2O. The smallest absolute Gasteiger partial charge is 0.0584 e. The molecule has 0 aliphatic heterocycles. The van der Waals surface area contributed by atoms with Crippen molar-refractivity contribution in [3.8, 4) is 0 Å². The second kappa shape index (κ2) is 6.95. The molecule has 1 unspecified atom stereocenters. The molecule has 2 aromatic carbocycles. The SMILES string of the molecule is OC(CCc1ccccc1)Cc1c(Cl)cccc1Cl. The zero-order valence-corrected chi connectivity index (χ0v) is 12.0. The van der Waals surface area contributed by atoms with E-state index in [1.165, 1.54) is 5.56 Å². The van der Waals surface area contributed by atoms with E-state index in [9.17, 15) is 5.11 Å². The van der Waals surface area contributed by atoms with Crippen LogP contribution in [0.5, 0.6) is 0 Å².